The number of carbonyl (C=O) groups is 1. The molecule has 146 valence electrons. The molecule has 2 aliphatic carbocycles. The number of cyclic esters (lactones) is 1. The van der Waals surface area contributed by atoms with Crippen LogP contribution in [0.3, 0.4) is 0 Å². The summed E-state index contributed by atoms with van der Waals surface area (Å²) in [7, 11) is 2.12. The molecule has 3 atom stereocenters. The zero-order chi connectivity index (χ0) is 19.5. The largest absolute Gasteiger partial charge is 0.451 e. The lowest BCUT2D eigenvalue weighted by atomic mass is 9.85. The third-order valence-electron chi connectivity index (χ3n) is 6.64. The highest BCUT2D eigenvalue weighted by Gasteiger charge is 2.44. The smallest absolute Gasteiger partial charge is 0.345 e. The third-order valence-corrected chi connectivity index (χ3v) is 6.64. The standard InChI is InChI=1S/C23H26N2O3/c1-23(12-5-6-15-14-24(2)19-8-4-3-7-17(15)19)18-11-13-25(16-9-10-16)21(26)20(18)22(27)28-23/h3-4,7-8,11,13-14,16-17,19H,5-6,9-10,12H2,1-2H3. The summed E-state index contributed by atoms with van der Waals surface area (Å²) in [5.74, 6) is -0.0234. The number of allylic oxidation sites excluding steroid dienone is 2. The van der Waals surface area contributed by atoms with Crippen LogP contribution >= 0.6 is 0 Å². The Morgan fingerprint density at radius 3 is 2.79 bits per heavy atom. The number of ether oxygens (including phenoxy) is 1. The summed E-state index contributed by atoms with van der Waals surface area (Å²) in [6.45, 7) is 1.94. The Morgan fingerprint density at radius 2 is 2.00 bits per heavy atom. The van der Waals surface area contributed by atoms with Crippen molar-refractivity contribution in [2.75, 3.05) is 7.05 Å². The molecule has 0 N–H and O–H groups in total. The predicted octanol–water partition coefficient (Wildman–Crippen LogP) is 3.68. The van der Waals surface area contributed by atoms with Crippen molar-refractivity contribution in [3.8, 4) is 0 Å². The number of hydrogen-bond acceptors (Lipinski definition) is 4. The number of likely N-dealkylation sites (N-methyl/N-ethyl adjacent to an activating group) is 1. The average Bonchev–Trinajstić information content (AvgIpc) is 3.41. The van der Waals surface area contributed by atoms with Gasteiger partial charge in [0.15, 0.2) is 0 Å². The van der Waals surface area contributed by atoms with Crippen molar-refractivity contribution in [1.82, 2.24) is 9.47 Å². The fraction of sp³-hybridized carbons (Fsp3) is 0.478. The van der Waals surface area contributed by atoms with Crippen LogP contribution in [0.25, 0.3) is 0 Å². The zero-order valence-electron chi connectivity index (χ0n) is 16.4. The van der Waals surface area contributed by atoms with E-state index in [0.717, 1.165) is 37.7 Å². The van der Waals surface area contributed by atoms with Crippen LogP contribution in [0.1, 0.15) is 61.0 Å². The molecule has 0 amide bonds. The van der Waals surface area contributed by atoms with Gasteiger partial charge in [-0.2, -0.15) is 0 Å². The van der Waals surface area contributed by atoms with Crippen LogP contribution in [0.2, 0.25) is 0 Å². The van der Waals surface area contributed by atoms with Crippen LogP contribution < -0.4 is 5.56 Å². The van der Waals surface area contributed by atoms with Gasteiger partial charge < -0.3 is 14.2 Å². The lowest BCUT2D eigenvalue weighted by Crippen LogP contribution is -2.27. The molecule has 5 nitrogen and oxygen atoms in total. The normalized spacial score (nSPS) is 30.3. The fourth-order valence-corrected chi connectivity index (χ4v) is 4.95. The molecular weight excluding hydrogens is 352 g/mol. The van der Waals surface area contributed by atoms with E-state index < -0.39 is 11.6 Å². The second-order valence-electron chi connectivity index (χ2n) is 8.68. The molecule has 4 aliphatic rings. The van der Waals surface area contributed by atoms with Crippen molar-refractivity contribution in [1.29, 1.82) is 0 Å². The first kappa shape index (κ1) is 17.5. The van der Waals surface area contributed by atoms with E-state index in [2.05, 4.69) is 42.5 Å². The lowest BCUT2D eigenvalue weighted by molar-refractivity contribution is -0.00392. The van der Waals surface area contributed by atoms with Gasteiger partial charge in [0.05, 0.1) is 6.04 Å². The monoisotopic (exact) mass is 378 g/mol. The molecule has 5 rings (SSSR count). The molecule has 5 heteroatoms. The molecule has 28 heavy (non-hydrogen) atoms. The molecule has 1 aromatic heterocycles. The van der Waals surface area contributed by atoms with Gasteiger partial charge in [-0.3, -0.25) is 4.79 Å². The highest BCUT2D eigenvalue weighted by molar-refractivity contribution is 5.94. The highest BCUT2D eigenvalue weighted by Crippen LogP contribution is 2.42. The van der Waals surface area contributed by atoms with Gasteiger partial charge in [0.25, 0.3) is 5.56 Å². The van der Waals surface area contributed by atoms with Crippen molar-refractivity contribution in [3.05, 3.63) is 69.8 Å². The molecule has 0 radical (unpaired) electrons. The third kappa shape index (κ3) is 2.67. The van der Waals surface area contributed by atoms with E-state index in [1.165, 1.54) is 5.57 Å². The predicted molar refractivity (Wildman–Crippen MR) is 107 cm³/mol. The number of esters is 1. The van der Waals surface area contributed by atoms with Gasteiger partial charge in [0.2, 0.25) is 0 Å². The molecule has 2 aliphatic heterocycles. The molecule has 0 spiro atoms. The average molecular weight is 378 g/mol. The maximum Gasteiger partial charge on any atom is 0.345 e. The van der Waals surface area contributed by atoms with E-state index in [9.17, 15) is 9.59 Å². The van der Waals surface area contributed by atoms with Crippen molar-refractivity contribution in [3.63, 3.8) is 0 Å². The Hall–Kier alpha value is -2.56. The minimum atomic E-state index is -0.707. The second-order valence-corrected chi connectivity index (χ2v) is 8.68. The maximum absolute atomic E-state index is 12.8. The van der Waals surface area contributed by atoms with Gasteiger partial charge in [-0.1, -0.05) is 24.3 Å². The number of pyridine rings is 1. The summed E-state index contributed by atoms with van der Waals surface area (Å²) < 4.78 is 7.44. The summed E-state index contributed by atoms with van der Waals surface area (Å²) in [6, 6.07) is 2.60. The first-order valence-electron chi connectivity index (χ1n) is 10.2. The van der Waals surface area contributed by atoms with Gasteiger partial charge in [-0.05, 0) is 56.9 Å². The van der Waals surface area contributed by atoms with Gasteiger partial charge in [-0.25, -0.2) is 4.79 Å². The van der Waals surface area contributed by atoms with Gasteiger partial charge in [0.1, 0.15) is 11.2 Å². The second kappa shape index (κ2) is 6.23. The van der Waals surface area contributed by atoms with Crippen LogP contribution in [-0.4, -0.2) is 28.5 Å². The lowest BCUT2D eigenvalue weighted by Gasteiger charge is -2.26. The Kier molecular flexibility index (Phi) is 3.90. The SMILES string of the molecule is CN1C=C(CCCC2(C)OC(=O)c3c2ccn(C2CC2)c3=O)C2C=CC=CC21. The van der Waals surface area contributed by atoms with Crippen molar-refractivity contribution < 1.29 is 9.53 Å². The Balaban J connectivity index is 1.32. The van der Waals surface area contributed by atoms with E-state index >= 15 is 0 Å². The molecule has 3 unspecified atom stereocenters. The van der Waals surface area contributed by atoms with Crippen molar-refractivity contribution >= 4 is 5.97 Å². The Bertz CT molecular complexity index is 982. The number of fused-ring (bicyclic) bond motifs is 2. The van der Waals surface area contributed by atoms with Gasteiger partial charge >= 0.3 is 5.97 Å². The summed E-state index contributed by atoms with van der Waals surface area (Å²) in [4.78, 5) is 27.5. The minimum absolute atomic E-state index is 0.184. The van der Waals surface area contributed by atoms with Gasteiger partial charge in [0, 0.05) is 30.8 Å². The van der Waals surface area contributed by atoms with E-state index in [4.69, 9.17) is 4.74 Å². The number of carbonyl (C=O) groups excluding carboxylic acids is 1. The Labute approximate surface area is 165 Å². The van der Waals surface area contributed by atoms with Crippen LogP contribution in [0.5, 0.6) is 0 Å². The minimum Gasteiger partial charge on any atom is -0.451 e. The Morgan fingerprint density at radius 1 is 1.21 bits per heavy atom. The number of aromatic nitrogens is 1. The fourth-order valence-electron chi connectivity index (χ4n) is 4.95. The first-order valence-corrected chi connectivity index (χ1v) is 10.2. The van der Waals surface area contributed by atoms with Crippen LogP contribution in [-0.2, 0) is 10.3 Å². The van der Waals surface area contributed by atoms with Crippen LogP contribution in [0, 0.1) is 5.92 Å². The summed E-state index contributed by atoms with van der Waals surface area (Å²) in [5, 5.41) is 0. The van der Waals surface area contributed by atoms with E-state index in [-0.39, 0.29) is 17.2 Å². The molecule has 0 saturated heterocycles. The zero-order valence-corrected chi connectivity index (χ0v) is 16.4. The highest BCUT2D eigenvalue weighted by atomic mass is 16.6. The summed E-state index contributed by atoms with van der Waals surface area (Å²) in [6.07, 6.45) is 17.5. The van der Waals surface area contributed by atoms with Crippen molar-refractivity contribution in [2.24, 2.45) is 5.92 Å². The molecule has 1 fully saturated rings. The number of rotatable bonds is 5. The molecule has 0 bridgehead atoms. The number of hydrogen-bond donors (Lipinski definition) is 0. The van der Waals surface area contributed by atoms with E-state index in [1.807, 2.05) is 19.2 Å². The van der Waals surface area contributed by atoms with Crippen LogP contribution in [0.4, 0.5) is 0 Å². The van der Waals surface area contributed by atoms with Gasteiger partial charge in [-0.15, -0.1) is 0 Å². The maximum atomic E-state index is 12.8. The summed E-state index contributed by atoms with van der Waals surface area (Å²) in [5.41, 5.74) is 1.54. The molecule has 0 aromatic carbocycles. The topological polar surface area (TPSA) is 51.5 Å². The molecular formula is C23H26N2O3. The summed E-state index contributed by atoms with van der Waals surface area (Å²) >= 11 is 0. The molecule has 1 saturated carbocycles. The quantitative estimate of drug-likeness (QED) is 0.734. The molecule has 1 aromatic rings. The van der Waals surface area contributed by atoms with Crippen molar-refractivity contribution in [2.45, 2.75) is 56.7 Å². The van der Waals surface area contributed by atoms with E-state index in [1.54, 1.807) is 4.57 Å². The van der Waals surface area contributed by atoms with E-state index in [0.29, 0.717) is 12.0 Å². The molecule has 3 heterocycles. The first-order chi connectivity index (χ1) is 13.5. The number of nitrogens with zero attached hydrogens (tertiary/aromatic N) is 2. The van der Waals surface area contributed by atoms with Crippen LogP contribution in [0.15, 0.2) is 53.1 Å².